The molecule has 10 heavy (non-hydrogen) atoms. The summed E-state index contributed by atoms with van der Waals surface area (Å²) in [5.74, 6) is 0. The Balaban J connectivity index is 2.43. The Kier molecular flexibility index (Phi) is 2.99. The van der Waals surface area contributed by atoms with E-state index in [2.05, 4.69) is 17.7 Å². The van der Waals surface area contributed by atoms with Crippen LogP contribution in [0.2, 0.25) is 0 Å². The number of hydrogen-bond donors (Lipinski definition) is 0. The first kappa shape index (κ1) is 7.31. The van der Waals surface area contributed by atoms with Crippen molar-refractivity contribution in [3.63, 3.8) is 0 Å². The van der Waals surface area contributed by atoms with Gasteiger partial charge in [-0.2, -0.15) is 0 Å². The van der Waals surface area contributed by atoms with Crippen LogP contribution in [-0.2, 0) is 16.3 Å². The van der Waals surface area contributed by atoms with Gasteiger partial charge >= 0.3 is 8.05 Å². The van der Waals surface area contributed by atoms with Gasteiger partial charge in [0.05, 0.1) is 0 Å². The Morgan fingerprint density at radius 1 is 1.20 bits per heavy atom. The molecule has 0 saturated carbocycles. The summed E-state index contributed by atoms with van der Waals surface area (Å²) >= 11 is 0. The fraction of sp³-hybridized carbons (Fsp3) is 0.143. The normalized spacial score (nSPS) is 9.60. The van der Waals surface area contributed by atoms with Crippen molar-refractivity contribution < 1.29 is 9.69 Å². The summed E-state index contributed by atoms with van der Waals surface area (Å²) in [7, 11) is 4.65. The first-order chi connectivity index (χ1) is 4.93. The molecule has 0 heterocycles. The van der Waals surface area contributed by atoms with Gasteiger partial charge in [0.1, 0.15) is 6.61 Å². The average Bonchev–Trinajstić information content (AvgIpc) is 2.03. The van der Waals surface area contributed by atoms with Crippen LogP contribution in [0.3, 0.4) is 0 Å². The first-order valence-electron chi connectivity index (χ1n) is 2.96. The molecule has 0 amide bonds. The van der Waals surface area contributed by atoms with E-state index in [1.807, 2.05) is 30.3 Å². The minimum Gasteiger partial charge on any atom is -0.318 e. The Labute approximate surface area is 61.1 Å². The summed E-state index contributed by atoms with van der Waals surface area (Å²) < 4.78 is 0. The van der Waals surface area contributed by atoms with Crippen molar-refractivity contribution in [3.8, 4) is 0 Å². The lowest BCUT2D eigenvalue weighted by Crippen LogP contribution is -1.90. The van der Waals surface area contributed by atoms with Crippen LogP contribution in [0.4, 0.5) is 0 Å². The summed E-state index contributed by atoms with van der Waals surface area (Å²) in [6.07, 6.45) is 0. The topological polar surface area (TPSA) is 18.5 Å². The van der Waals surface area contributed by atoms with Crippen molar-refractivity contribution in [2.24, 2.45) is 0 Å². The maximum absolute atomic E-state index is 4.65. The molecule has 1 rings (SSSR count). The van der Waals surface area contributed by atoms with E-state index >= 15 is 0 Å². The lowest BCUT2D eigenvalue weighted by molar-refractivity contribution is -0.214. The highest BCUT2D eigenvalue weighted by Gasteiger charge is 1.87. The molecule has 0 aliphatic heterocycles. The molecule has 50 valence electrons. The standard InChI is InChI=1S/C7H7BO2/c8-10-9-6-7-4-2-1-3-5-7/h1-5H,6H2. The van der Waals surface area contributed by atoms with Crippen LogP contribution in [-0.4, -0.2) is 8.05 Å². The molecule has 1 aromatic carbocycles. The van der Waals surface area contributed by atoms with Crippen LogP contribution in [0, 0.1) is 0 Å². The van der Waals surface area contributed by atoms with Gasteiger partial charge in [-0.15, -0.1) is 0 Å². The predicted molar refractivity (Wildman–Crippen MR) is 38.1 cm³/mol. The van der Waals surface area contributed by atoms with E-state index in [-0.39, 0.29) is 0 Å². The van der Waals surface area contributed by atoms with Gasteiger partial charge in [-0.3, -0.25) is 0 Å². The molecule has 3 heteroatoms. The maximum atomic E-state index is 4.65. The highest BCUT2D eigenvalue weighted by Crippen LogP contribution is 1.99. The molecule has 0 N–H and O–H groups in total. The van der Waals surface area contributed by atoms with Gasteiger partial charge in [-0.25, -0.2) is 4.89 Å². The van der Waals surface area contributed by atoms with Gasteiger partial charge in [0.2, 0.25) is 0 Å². The highest BCUT2D eigenvalue weighted by molar-refractivity contribution is 5.97. The SMILES string of the molecule is [B]OOCc1ccccc1. The van der Waals surface area contributed by atoms with Gasteiger partial charge in [-0.05, 0) is 5.56 Å². The summed E-state index contributed by atoms with van der Waals surface area (Å²) in [6, 6.07) is 9.65. The molecular weight excluding hydrogens is 127 g/mol. The van der Waals surface area contributed by atoms with Crippen LogP contribution in [0.1, 0.15) is 5.56 Å². The van der Waals surface area contributed by atoms with E-state index < -0.39 is 0 Å². The van der Waals surface area contributed by atoms with E-state index in [0.29, 0.717) is 6.61 Å². The van der Waals surface area contributed by atoms with Gasteiger partial charge in [-0.1, -0.05) is 30.3 Å². The molecular formula is C7H7BO2. The maximum Gasteiger partial charge on any atom is 0.338 e. The van der Waals surface area contributed by atoms with Gasteiger partial charge in [0, 0.05) is 0 Å². The quantitative estimate of drug-likeness (QED) is 0.351. The Morgan fingerprint density at radius 2 is 1.90 bits per heavy atom. The molecule has 0 saturated heterocycles. The zero-order valence-corrected chi connectivity index (χ0v) is 5.49. The van der Waals surface area contributed by atoms with Crippen molar-refractivity contribution in [1.29, 1.82) is 0 Å². The second-order valence-corrected chi connectivity index (χ2v) is 1.84. The first-order valence-corrected chi connectivity index (χ1v) is 2.96. The molecule has 0 aromatic heterocycles. The second kappa shape index (κ2) is 4.09. The predicted octanol–water partition coefficient (Wildman–Crippen LogP) is 1.22. The Bertz CT molecular complexity index is 176. The smallest absolute Gasteiger partial charge is 0.318 e. The number of rotatable bonds is 3. The molecule has 2 radical (unpaired) electrons. The van der Waals surface area contributed by atoms with E-state index in [1.165, 1.54) is 0 Å². The van der Waals surface area contributed by atoms with Crippen LogP contribution in [0.15, 0.2) is 30.3 Å². The summed E-state index contributed by atoms with van der Waals surface area (Å²) in [5.41, 5.74) is 1.04. The molecule has 0 fully saturated rings. The molecule has 0 bridgehead atoms. The Hall–Kier alpha value is -0.795. The zero-order chi connectivity index (χ0) is 7.23. The largest absolute Gasteiger partial charge is 0.338 e. The molecule has 0 aliphatic rings. The lowest BCUT2D eigenvalue weighted by Gasteiger charge is -1.98. The van der Waals surface area contributed by atoms with Gasteiger partial charge < -0.3 is 4.81 Å². The molecule has 2 nitrogen and oxygen atoms in total. The minimum atomic E-state index is 0.386. The van der Waals surface area contributed by atoms with E-state index in [9.17, 15) is 0 Å². The third-order valence-electron chi connectivity index (χ3n) is 1.14. The molecule has 0 atom stereocenters. The minimum absolute atomic E-state index is 0.386. The van der Waals surface area contributed by atoms with Crippen LogP contribution in [0.25, 0.3) is 0 Å². The van der Waals surface area contributed by atoms with Crippen molar-refractivity contribution in [2.45, 2.75) is 6.61 Å². The second-order valence-electron chi connectivity index (χ2n) is 1.84. The summed E-state index contributed by atoms with van der Waals surface area (Å²) in [6.45, 7) is 0.386. The van der Waals surface area contributed by atoms with Crippen LogP contribution < -0.4 is 0 Å². The number of benzene rings is 1. The lowest BCUT2D eigenvalue weighted by atomic mass is 10.2. The third-order valence-corrected chi connectivity index (χ3v) is 1.14. The van der Waals surface area contributed by atoms with Crippen molar-refractivity contribution in [2.75, 3.05) is 0 Å². The molecule has 0 unspecified atom stereocenters. The van der Waals surface area contributed by atoms with E-state index in [0.717, 1.165) is 5.56 Å². The van der Waals surface area contributed by atoms with Crippen LogP contribution >= 0.6 is 0 Å². The van der Waals surface area contributed by atoms with Crippen LogP contribution in [0.5, 0.6) is 0 Å². The van der Waals surface area contributed by atoms with E-state index in [4.69, 9.17) is 0 Å². The zero-order valence-electron chi connectivity index (χ0n) is 5.49. The third kappa shape index (κ3) is 2.21. The molecule has 1 aromatic rings. The monoisotopic (exact) mass is 134 g/mol. The summed E-state index contributed by atoms with van der Waals surface area (Å²) in [5, 5.41) is 0. The average molecular weight is 134 g/mol. The fourth-order valence-corrected chi connectivity index (χ4v) is 0.676. The Morgan fingerprint density at radius 3 is 2.50 bits per heavy atom. The molecule has 0 aliphatic carbocycles. The molecule has 0 spiro atoms. The van der Waals surface area contributed by atoms with Gasteiger partial charge in [0.15, 0.2) is 0 Å². The van der Waals surface area contributed by atoms with Crippen molar-refractivity contribution >= 4 is 8.05 Å². The number of hydrogen-bond acceptors (Lipinski definition) is 2. The van der Waals surface area contributed by atoms with Crippen molar-refractivity contribution in [1.82, 2.24) is 0 Å². The van der Waals surface area contributed by atoms with Gasteiger partial charge in [0.25, 0.3) is 0 Å². The highest BCUT2D eigenvalue weighted by atomic mass is 17.2. The van der Waals surface area contributed by atoms with E-state index in [1.54, 1.807) is 0 Å². The fourth-order valence-electron chi connectivity index (χ4n) is 0.676. The summed E-state index contributed by atoms with van der Waals surface area (Å²) in [4.78, 5) is 8.44. The van der Waals surface area contributed by atoms with Crippen molar-refractivity contribution in [3.05, 3.63) is 35.9 Å².